The summed E-state index contributed by atoms with van der Waals surface area (Å²) in [6.07, 6.45) is -2.57. The Hall–Kier alpha value is -1.22. The van der Waals surface area contributed by atoms with E-state index in [1.54, 1.807) is 0 Å². The largest absolute Gasteiger partial charge is 0.463 e. The molecule has 4 atom stereocenters. The zero-order valence-corrected chi connectivity index (χ0v) is 14.0. The monoisotopic (exact) mass is 322 g/mol. The number of esters is 2. The van der Waals surface area contributed by atoms with Crippen molar-refractivity contribution in [3.63, 3.8) is 0 Å². The first-order valence-corrected chi connectivity index (χ1v) is 6.79. The number of carbonyl (C=O) groups excluding carboxylic acids is 2. The van der Waals surface area contributed by atoms with Gasteiger partial charge in [0.15, 0.2) is 6.10 Å². The summed E-state index contributed by atoms with van der Waals surface area (Å²) in [5.74, 6) is -0.896. The molecule has 0 saturated carbocycles. The summed E-state index contributed by atoms with van der Waals surface area (Å²) >= 11 is 0. The fourth-order valence-corrected chi connectivity index (χ4v) is 2.06. The molecule has 0 fully saturated rings. The minimum atomic E-state index is -0.688. The van der Waals surface area contributed by atoms with E-state index >= 15 is 0 Å². The van der Waals surface area contributed by atoms with Crippen LogP contribution in [0.4, 0.5) is 0 Å². The van der Waals surface area contributed by atoms with Gasteiger partial charge in [0.25, 0.3) is 0 Å². The van der Waals surface area contributed by atoms with E-state index in [4.69, 9.17) is 28.4 Å². The third-order valence-electron chi connectivity index (χ3n) is 3.00. The summed E-state index contributed by atoms with van der Waals surface area (Å²) in [4.78, 5) is 22.2. The van der Waals surface area contributed by atoms with Crippen molar-refractivity contribution >= 4 is 11.9 Å². The Morgan fingerprint density at radius 3 is 1.68 bits per heavy atom. The first kappa shape index (κ1) is 20.8. The molecule has 0 rings (SSSR count). The van der Waals surface area contributed by atoms with Gasteiger partial charge in [0.1, 0.15) is 24.9 Å². The van der Waals surface area contributed by atoms with Crippen LogP contribution in [0.3, 0.4) is 0 Å². The summed E-state index contributed by atoms with van der Waals surface area (Å²) in [6.45, 7) is 2.71. The highest BCUT2D eigenvalue weighted by molar-refractivity contribution is 5.66. The van der Waals surface area contributed by atoms with Gasteiger partial charge in [-0.1, -0.05) is 0 Å². The summed E-state index contributed by atoms with van der Waals surface area (Å²) in [5, 5.41) is 0. The SMILES string of the molecule is COCC(OC(C)=O)C(OC)C(OC)C(COC(C)=O)OC. The molecule has 0 aromatic heterocycles. The molecular weight excluding hydrogens is 296 g/mol. The fourth-order valence-electron chi connectivity index (χ4n) is 2.06. The second-order valence-corrected chi connectivity index (χ2v) is 4.58. The molecule has 0 aliphatic heterocycles. The third-order valence-corrected chi connectivity index (χ3v) is 3.00. The van der Waals surface area contributed by atoms with Crippen molar-refractivity contribution in [3.05, 3.63) is 0 Å². The molecule has 0 amide bonds. The molecule has 0 aromatic carbocycles. The highest BCUT2D eigenvalue weighted by Gasteiger charge is 2.38. The van der Waals surface area contributed by atoms with Gasteiger partial charge in [-0.3, -0.25) is 9.59 Å². The van der Waals surface area contributed by atoms with Crippen LogP contribution in [0.1, 0.15) is 13.8 Å². The van der Waals surface area contributed by atoms with Crippen LogP contribution in [0.2, 0.25) is 0 Å². The first-order chi connectivity index (χ1) is 10.4. The lowest BCUT2D eigenvalue weighted by Gasteiger charge is -2.34. The minimum absolute atomic E-state index is 0.00995. The van der Waals surface area contributed by atoms with Crippen LogP contribution in [0.15, 0.2) is 0 Å². The minimum Gasteiger partial charge on any atom is -0.463 e. The summed E-state index contributed by atoms with van der Waals surface area (Å²) in [5.41, 5.74) is 0. The summed E-state index contributed by atoms with van der Waals surface area (Å²) in [7, 11) is 5.87. The Bertz CT molecular complexity index is 333. The van der Waals surface area contributed by atoms with E-state index in [9.17, 15) is 9.59 Å². The number of hydrogen-bond donors (Lipinski definition) is 0. The fraction of sp³-hybridized carbons (Fsp3) is 0.857. The van der Waals surface area contributed by atoms with Gasteiger partial charge in [0.05, 0.1) is 6.61 Å². The Morgan fingerprint density at radius 1 is 0.773 bits per heavy atom. The first-order valence-electron chi connectivity index (χ1n) is 6.79. The van der Waals surface area contributed by atoms with Gasteiger partial charge in [-0.2, -0.15) is 0 Å². The molecule has 8 heteroatoms. The van der Waals surface area contributed by atoms with Gasteiger partial charge >= 0.3 is 11.9 Å². The maximum atomic E-state index is 11.2. The summed E-state index contributed by atoms with van der Waals surface area (Å²) < 4.78 is 31.3. The van der Waals surface area contributed by atoms with E-state index in [1.165, 1.54) is 42.3 Å². The molecule has 130 valence electrons. The molecule has 4 unspecified atom stereocenters. The van der Waals surface area contributed by atoms with E-state index in [2.05, 4.69) is 0 Å². The van der Waals surface area contributed by atoms with Crippen molar-refractivity contribution in [1.29, 1.82) is 0 Å². The van der Waals surface area contributed by atoms with Crippen LogP contribution in [0.5, 0.6) is 0 Å². The zero-order chi connectivity index (χ0) is 17.1. The van der Waals surface area contributed by atoms with Crippen LogP contribution < -0.4 is 0 Å². The van der Waals surface area contributed by atoms with Gasteiger partial charge < -0.3 is 28.4 Å². The molecule has 0 N–H and O–H groups in total. The smallest absolute Gasteiger partial charge is 0.303 e. The Labute approximate surface area is 130 Å². The van der Waals surface area contributed by atoms with Crippen molar-refractivity contribution in [2.45, 2.75) is 38.3 Å². The maximum absolute atomic E-state index is 11.2. The molecule has 8 nitrogen and oxygen atoms in total. The van der Waals surface area contributed by atoms with Crippen LogP contribution in [-0.2, 0) is 38.0 Å². The van der Waals surface area contributed by atoms with Crippen LogP contribution in [0, 0.1) is 0 Å². The molecule has 0 aromatic rings. The van der Waals surface area contributed by atoms with Crippen molar-refractivity contribution in [3.8, 4) is 0 Å². The predicted molar refractivity (Wildman–Crippen MR) is 76.5 cm³/mol. The van der Waals surface area contributed by atoms with E-state index in [-0.39, 0.29) is 13.2 Å². The topological polar surface area (TPSA) is 89.5 Å². The van der Waals surface area contributed by atoms with Gasteiger partial charge in [-0.05, 0) is 0 Å². The van der Waals surface area contributed by atoms with Crippen LogP contribution in [0.25, 0.3) is 0 Å². The average molecular weight is 322 g/mol. The standard InChI is InChI=1S/C14H26O8/c1-9(15)21-8-11(18-4)13(19-5)14(20-6)12(7-17-3)22-10(2)16/h11-14H,7-8H2,1-6H3. The Morgan fingerprint density at radius 2 is 1.32 bits per heavy atom. The average Bonchev–Trinajstić information content (AvgIpc) is 2.45. The maximum Gasteiger partial charge on any atom is 0.303 e. The van der Waals surface area contributed by atoms with E-state index in [1.807, 2.05) is 0 Å². The zero-order valence-electron chi connectivity index (χ0n) is 14.0. The Kier molecular flexibility index (Phi) is 10.7. The van der Waals surface area contributed by atoms with Crippen molar-refractivity contribution in [1.82, 2.24) is 0 Å². The van der Waals surface area contributed by atoms with Crippen molar-refractivity contribution in [2.75, 3.05) is 41.7 Å². The van der Waals surface area contributed by atoms with Crippen molar-refractivity contribution in [2.24, 2.45) is 0 Å². The van der Waals surface area contributed by atoms with Gasteiger partial charge in [-0.15, -0.1) is 0 Å². The number of ether oxygens (including phenoxy) is 6. The van der Waals surface area contributed by atoms with E-state index in [0.29, 0.717) is 0 Å². The molecule has 0 bridgehead atoms. The number of hydrogen-bond acceptors (Lipinski definition) is 8. The lowest BCUT2D eigenvalue weighted by Crippen LogP contribution is -2.51. The van der Waals surface area contributed by atoms with Crippen molar-refractivity contribution < 1.29 is 38.0 Å². The molecule has 0 radical (unpaired) electrons. The molecule has 22 heavy (non-hydrogen) atoms. The second-order valence-electron chi connectivity index (χ2n) is 4.58. The predicted octanol–water partition coefficient (Wildman–Crippen LogP) is 0.173. The molecule has 0 spiro atoms. The lowest BCUT2D eigenvalue weighted by atomic mass is 10.0. The molecule has 0 aliphatic rings. The van der Waals surface area contributed by atoms with Gasteiger partial charge in [0, 0.05) is 42.3 Å². The van der Waals surface area contributed by atoms with E-state index < -0.39 is 36.4 Å². The van der Waals surface area contributed by atoms with Crippen LogP contribution >= 0.6 is 0 Å². The highest BCUT2D eigenvalue weighted by Crippen LogP contribution is 2.17. The molecular formula is C14H26O8. The number of rotatable bonds is 11. The molecule has 0 aliphatic carbocycles. The summed E-state index contributed by atoms with van der Waals surface area (Å²) in [6, 6.07) is 0. The highest BCUT2D eigenvalue weighted by atomic mass is 16.6. The van der Waals surface area contributed by atoms with Crippen LogP contribution in [-0.4, -0.2) is 78.0 Å². The molecule has 0 heterocycles. The van der Waals surface area contributed by atoms with Gasteiger partial charge in [0.2, 0.25) is 0 Å². The number of carbonyl (C=O) groups is 2. The normalized spacial score (nSPS) is 16.5. The number of methoxy groups -OCH3 is 4. The Balaban J connectivity index is 5.12. The lowest BCUT2D eigenvalue weighted by molar-refractivity contribution is -0.185. The van der Waals surface area contributed by atoms with E-state index in [0.717, 1.165) is 0 Å². The quantitative estimate of drug-likeness (QED) is 0.497. The second kappa shape index (κ2) is 11.4. The third kappa shape index (κ3) is 7.17. The van der Waals surface area contributed by atoms with Gasteiger partial charge in [-0.25, -0.2) is 0 Å². The molecule has 0 saturated heterocycles.